The second-order valence-corrected chi connectivity index (χ2v) is 7.70. The van der Waals surface area contributed by atoms with Gasteiger partial charge in [-0.15, -0.1) is 0 Å². The van der Waals surface area contributed by atoms with Crippen LogP contribution in [0.15, 0.2) is 71.5 Å². The Labute approximate surface area is 192 Å². The van der Waals surface area contributed by atoms with Crippen LogP contribution < -0.4 is 10.9 Å². The molecule has 174 valence electrons. The van der Waals surface area contributed by atoms with Crippen LogP contribution in [0.25, 0.3) is 16.9 Å². The first-order valence-electron chi connectivity index (χ1n) is 10.3. The van der Waals surface area contributed by atoms with Crippen LogP contribution in [0, 0.1) is 13.8 Å². The average molecular weight is 467 g/mol. The highest BCUT2D eigenvalue weighted by molar-refractivity contribution is 5.92. The number of nitrogens with zero attached hydrogens (tertiary/aromatic N) is 4. The summed E-state index contributed by atoms with van der Waals surface area (Å²) in [5.41, 5.74) is 1.33. The molecule has 1 amide bonds. The molecular formula is C24H20F3N5O2. The van der Waals surface area contributed by atoms with Crippen LogP contribution >= 0.6 is 0 Å². The maximum absolute atomic E-state index is 13.3. The summed E-state index contributed by atoms with van der Waals surface area (Å²) in [6, 6.07) is 16.7. The Morgan fingerprint density at radius 3 is 2.35 bits per heavy atom. The van der Waals surface area contributed by atoms with Crippen molar-refractivity contribution >= 4 is 11.6 Å². The molecule has 0 aliphatic carbocycles. The summed E-state index contributed by atoms with van der Waals surface area (Å²) in [5, 5.41) is 11.0. The molecule has 0 radical (unpaired) electrons. The van der Waals surface area contributed by atoms with Gasteiger partial charge in [-0.2, -0.15) is 23.4 Å². The standard InChI is InChI=1S/C24H20F3N5O2/c1-15-12-16(2)32(29-15)21-10-8-18(24(25,26)27)13-20(21)28-22(33)14-31-23(34)11-9-19(30-31)17-6-4-3-5-7-17/h3-13H,14H2,1-2H3,(H,28,33). The van der Waals surface area contributed by atoms with Gasteiger partial charge >= 0.3 is 6.18 Å². The van der Waals surface area contributed by atoms with Gasteiger partial charge in [0.1, 0.15) is 6.54 Å². The molecule has 7 nitrogen and oxygen atoms in total. The minimum absolute atomic E-state index is 0.0849. The molecule has 0 aliphatic rings. The molecule has 0 fully saturated rings. The molecule has 0 bridgehead atoms. The lowest BCUT2D eigenvalue weighted by molar-refractivity contribution is -0.137. The number of nitrogens with one attached hydrogen (secondary N) is 1. The van der Waals surface area contributed by atoms with Gasteiger partial charge in [0.05, 0.1) is 28.3 Å². The van der Waals surface area contributed by atoms with Crippen molar-refractivity contribution in [3.8, 4) is 16.9 Å². The molecule has 2 heterocycles. The van der Waals surface area contributed by atoms with Gasteiger partial charge < -0.3 is 5.32 Å². The summed E-state index contributed by atoms with van der Waals surface area (Å²) < 4.78 is 42.4. The van der Waals surface area contributed by atoms with Crippen LogP contribution in [-0.2, 0) is 17.5 Å². The van der Waals surface area contributed by atoms with Crippen LogP contribution in [0.4, 0.5) is 18.9 Å². The Bertz CT molecular complexity index is 1410. The fourth-order valence-electron chi connectivity index (χ4n) is 3.52. The number of alkyl halides is 3. The third-order valence-corrected chi connectivity index (χ3v) is 5.07. The predicted octanol–water partition coefficient (Wildman–Crippen LogP) is 4.37. The molecule has 1 N–H and O–H groups in total. The topological polar surface area (TPSA) is 81.8 Å². The summed E-state index contributed by atoms with van der Waals surface area (Å²) in [5.74, 6) is -0.707. The van der Waals surface area contributed by atoms with E-state index in [4.69, 9.17) is 0 Å². The van der Waals surface area contributed by atoms with E-state index in [1.807, 2.05) is 18.2 Å². The number of aromatic nitrogens is 4. The molecule has 0 aliphatic heterocycles. The maximum atomic E-state index is 13.3. The normalized spacial score (nSPS) is 11.4. The lowest BCUT2D eigenvalue weighted by Gasteiger charge is -2.16. The van der Waals surface area contributed by atoms with Crippen LogP contribution in [0.3, 0.4) is 0 Å². The number of hydrogen-bond donors (Lipinski definition) is 1. The summed E-state index contributed by atoms with van der Waals surface area (Å²) in [7, 11) is 0. The first-order chi connectivity index (χ1) is 16.1. The van der Waals surface area contributed by atoms with E-state index in [-0.39, 0.29) is 11.4 Å². The Morgan fingerprint density at radius 2 is 1.71 bits per heavy atom. The van der Waals surface area contributed by atoms with E-state index in [0.717, 1.165) is 22.4 Å². The maximum Gasteiger partial charge on any atom is 0.416 e. The third-order valence-electron chi connectivity index (χ3n) is 5.07. The average Bonchev–Trinajstić information content (AvgIpc) is 3.12. The van der Waals surface area contributed by atoms with E-state index in [9.17, 15) is 22.8 Å². The van der Waals surface area contributed by atoms with Gasteiger partial charge in [0.25, 0.3) is 5.56 Å². The SMILES string of the molecule is Cc1cc(C)n(-c2ccc(C(F)(F)F)cc2NC(=O)Cn2nc(-c3ccccc3)ccc2=O)n1. The van der Waals surface area contributed by atoms with Crippen molar-refractivity contribution in [3.63, 3.8) is 0 Å². The van der Waals surface area contributed by atoms with Crippen LogP contribution in [0.5, 0.6) is 0 Å². The second kappa shape index (κ2) is 8.97. The fourth-order valence-corrected chi connectivity index (χ4v) is 3.52. The lowest BCUT2D eigenvalue weighted by Crippen LogP contribution is -2.29. The smallest absolute Gasteiger partial charge is 0.323 e. The number of aryl methyl sites for hydroxylation is 2. The molecule has 2 aromatic heterocycles. The molecular weight excluding hydrogens is 447 g/mol. The number of hydrogen-bond acceptors (Lipinski definition) is 4. The zero-order chi connectivity index (χ0) is 24.5. The van der Waals surface area contributed by atoms with Crippen molar-refractivity contribution in [1.82, 2.24) is 19.6 Å². The first kappa shape index (κ1) is 23.0. The van der Waals surface area contributed by atoms with Gasteiger partial charge in [-0.05, 0) is 44.2 Å². The van der Waals surface area contributed by atoms with Crippen LogP contribution in [0.1, 0.15) is 17.0 Å². The predicted molar refractivity (Wildman–Crippen MR) is 121 cm³/mol. The van der Waals surface area contributed by atoms with E-state index in [0.29, 0.717) is 17.1 Å². The van der Waals surface area contributed by atoms with Crippen LogP contribution in [-0.4, -0.2) is 25.5 Å². The van der Waals surface area contributed by atoms with Crippen LogP contribution in [0.2, 0.25) is 0 Å². The number of rotatable bonds is 5. The largest absolute Gasteiger partial charge is 0.416 e. The molecule has 0 saturated heterocycles. The summed E-state index contributed by atoms with van der Waals surface area (Å²) in [6.07, 6.45) is -4.60. The number of carbonyl (C=O) groups is 1. The minimum atomic E-state index is -4.60. The monoisotopic (exact) mass is 467 g/mol. The van der Waals surface area contributed by atoms with Crippen molar-refractivity contribution in [2.24, 2.45) is 0 Å². The van der Waals surface area contributed by atoms with Gasteiger partial charge in [-0.1, -0.05) is 30.3 Å². The highest BCUT2D eigenvalue weighted by Gasteiger charge is 2.31. The van der Waals surface area contributed by atoms with Crippen molar-refractivity contribution in [3.05, 3.63) is 94.0 Å². The highest BCUT2D eigenvalue weighted by Crippen LogP contribution is 2.33. The summed E-state index contributed by atoms with van der Waals surface area (Å²) in [4.78, 5) is 25.1. The van der Waals surface area contributed by atoms with E-state index in [1.165, 1.54) is 16.8 Å². The van der Waals surface area contributed by atoms with Gasteiger partial charge in [0.2, 0.25) is 5.91 Å². The Balaban J connectivity index is 1.66. The van der Waals surface area contributed by atoms with E-state index < -0.39 is 29.8 Å². The number of halogens is 3. The summed E-state index contributed by atoms with van der Waals surface area (Å²) >= 11 is 0. The Morgan fingerprint density at radius 1 is 0.971 bits per heavy atom. The van der Waals surface area contributed by atoms with Gasteiger partial charge in [0.15, 0.2) is 0 Å². The second-order valence-electron chi connectivity index (χ2n) is 7.70. The zero-order valence-corrected chi connectivity index (χ0v) is 18.3. The zero-order valence-electron chi connectivity index (χ0n) is 18.3. The lowest BCUT2D eigenvalue weighted by atomic mass is 10.1. The van der Waals surface area contributed by atoms with Crippen molar-refractivity contribution in [1.29, 1.82) is 0 Å². The third kappa shape index (κ3) is 4.90. The number of carbonyl (C=O) groups excluding carboxylic acids is 1. The molecule has 0 spiro atoms. The molecule has 34 heavy (non-hydrogen) atoms. The molecule has 0 unspecified atom stereocenters. The molecule has 4 aromatic rings. The van der Waals surface area contributed by atoms with Gasteiger partial charge in [-0.25, -0.2) is 9.36 Å². The van der Waals surface area contributed by atoms with E-state index in [2.05, 4.69) is 15.5 Å². The van der Waals surface area contributed by atoms with Gasteiger partial charge in [0, 0.05) is 17.3 Å². The molecule has 0 atom stereocenters. The number of benzene rings is 2. The first-order valence-corrected chi connectivity index (χ1v) is 10.3. The fraction of sp³-hybridized carbons (Fsp3) is 0.167. The summed E-state index contributed by atoms with van der Waals surface area (Å²) in [6.45, 7) is 3.03. The van der Waals surface area contributed by atoms with E-state index in [1.54, 1.807) is 38.1 Å². The van der Waals surface area contributed by atoms with Crippen molar-refractivity contribution in [2.75, 3.05) is 5.32 Å². The number of amides is 1. The molecule has 0 saturated carbocycles. The van der Waals surface area contributed by atoms with Crippen molar-refractivity contribution < 1.29 is 18.0 Å². The minimum Gasteiger partial charge on any atom is -0.323 e. The number of anilines is 1. The molecule has 10 heteroatoms. The quantitative estimate of drug-likeness (QED) is 0.473. The molecule has 2 aromatic carbocycles. The van der Waals surface area contributed by atoms with E-state index >= 15 is 0 Å². The van der Waals surface area contributed by atoms with Crippen molar-refractivity contribution in [2.45, 2.75) is 26.6 Å². The van der Waals surface area contributed by atoms with Gasteiger partial charge in [-0.3, -0.25) is 9.59 Å². The highest BCUT2D eigenvalue weighted by atomic mass is 19.4. The molecule has 4 rings (SSSR count). The Kier molecular flexibility index (Phi) is 6.06. The Hall–Kier alpha value is -4.21.